The molecule has 1 aliphatic heterocycles. The standard InChI is InChI=1S/C18H25NO5S/c1-11-18(5,14(20)10-23-11)19-15(21)12(9-17(2,3)4)24-16(22)13-7-6-8-25-13/h6-8,11-12H,9-10H2,1-5H3,(H,19,21). The quantitative estimate of drug-likeness (QED) is 0.809. The summed E-state index contributed by atoms with van der Waals surface area (Å²) in [6.45, 7) is 9.22. The van der Waals surface area contributed by atoms with E-state index in [1.807, 2.05) is 20.8 Å². The predicted octanol–water partition coefficient (Wildman–Crippen LogP) is 2.57. The van der Waals surface area contributed by atoms with Crippen molar-refractivity contribution in [3.8, 4) is 0 Å². The van der Waals surface area contributed by atoms with Gasteiger partial charge in [-0.05, 0) is 37.1 Å². The van der Waals surface area contributed by atoms with E-state index in [-0.39, 0.29) is 17.8 Å². The lowest BCUT2D eigenvalue weighted by Crippen LogP contribution is -2.58. The van der Waals surface area contributed by atoms with Crippen LogP contribution in [0.1, 0.15) is 50.7 Å². The highest BCUT2D eigenvalue weighted by atomic mass is 32.1. The van der Waals surface area contributed by atoms with Crippen molar-refractivity contribution >= 4 is 29.0 Å². The third-order valence-electron chi connectivity index (χ3n) is 4.30. The molecule has 3 unspecified atom stereocenters. The van der Waals surface area contributed by atoms with Crippen LogP contribution >= 0.6 is 11.3 Å². The van der Waals surface area contributed by atoms with E-state index in [1.165, 1.54) is 11.3 Å². The number of esters is 1. The monoisotopic (exact) mass is 367 g/mol. The highest BCUT2D eigenvalue weighted by Crippen LogP contribution is 2.26. The van der Waals surface area contributed by atoms with Gasteiger partial charge in [-0.3, -0.25) is 9.59 Å². The van der Waals surface area contributed by atoms with Gasteiger partial charge in [0.1, 0.15) is 17.0 Å². The fraction of sp³-hybridized carbons (Fsp3) is 0.611. The molecule has 2 heterocycles. The molecule has 2 rings (SSSR count). The highest BCUT2D eigenvalue weighted by Gasteiger charge is 2.47. The van der Waals surface area contributed by atoms with Gasteiger partial charge < -0.3 is 14.8 Å². The van der Waals surface area contributed by atoms with Gasteiger partial charge >= 0.3 is 5.97 Å². The third kappa shape index (κ3) is 4.67. The molecule has 0 aliphatic carbocycles. The Morgan fingerprint density at radius 3 is 2.64 bits per heavy atom. The van der Waals surface area contributed by atoms with Crippen molar-refractivity contribution in [1.29, 1.82) is 0 Å². The van der Waals surface area contributed by atoms with E-state index in [1.54, 1.807) is 31.4 Å². The SMILES string of the molecule is CC1OCC(=O)C1(C)NC(=O)C(CC(C)(C)C)OC(=O)c1cccs1. The molecule has 0 aromatic carbocycles. The van der Waals surface area contributed by atoms with Crippen molar-refractivity contribution in [3.05, 3.63) is 22.4 Å². The fourth-order valence-electron chi connectivity index (χ4n) is 2.58. The lowest BCUT2D eigenvalue weighted by molar-refractivity contribution is -0.136. The Morgan fingerprint density at radius 1 is 1.48 bits per heavy atom. The van der Waals surface area contributed by atoms with Crippen LogP contribution in [0.5, 0.6) is 0 Å². The molecule has 0 bridgehead atoms. The van der Waals surface area contributed by atoms with Crippen LogP contribution in [0.3, 0.4) is 0 Å². The minimum Gasteiger partial charge on any atom is -0.448 e. The maximum absolute atomic E-state index is 12.8. The van der Waals surface area contributed by atoms with Gasteiger partial charge in [0.05, 0.1) is 6.10 Å². The van der Waals surface area contributed by atoms with E-state index in [9.17, 15) is 14.4 Å². The molecular weight excluding hydrogens is 342 g/mol. The van der Waals surface area contributed by atoms with E-state index < -0.39 is 29.6 Å². The molecule has 25 heavy (non-hydrogen) atoms. The van der Waals surface area contributed by atoms with Crippen molar-refractivity contribution in [2.45, 2.75) is 58.8 Å². The Hall–Kier alpha value is -1.73. The predicted molar refractivity (Wildman–Crippen MR) is 94.6 cm³/mol. The summed E-state index contributed by atoms with van der Waals surface area (Å²) in [6, 6.07) is 3.40. The summed E-state index contributed by atoms with van der Waals surface area (Å²) >= 11 is 1.26. The van der Waals surface area contributed by atoms with Crippen LogP contribution in [-0.4, -0.2) is 42.0 Å². The van der Waals surface area contributed by atoms with E-state index in [2.05, 4.69) is 5.32 Å². The summed E-state index contributed by atoms with van der Waals surface area (Å²) in [4.78, 5) is 37.6. The molecular formula is C18H25NO5S. The first kappa shape index (κ1) is 19.6. The molecule has 0 saturated carbocycles. The van der Waals surface area contributed by atoms with Gasteiger partial charge in [0.2, 0.25) is 0 Å². The number of ether oxygens (including phenoxy) is 2. The first-order valence-corrected chi connectivity index (χ1v) is 9.12. The summed E-state index contributed by atoms with van der Waals surface area (Å²) in [5.74, 6) is -1.20. The number of amides is 1. The van der Waals surface area contributed by atoms with Crippen molar-refractivity contribution in [2.24, 2.45) is 5.41 Å². The van der Waals surface area contributed by atoms with Crippen LogP contribution in [0.25, 0.3) is 0 Å². The lowest BCUT2D eigenvalue weighted by atomic mass is 9.87. The van der Waals surface area contributed by atoms with Crippen LogP contribution in [-0.2, 0) is 19.1 Å². The molecule has 1 aromatic heterocycles. The Bertz CT molecular complexity index is 649. The van der Waals surface area contributed by atoms with Crippen molar-refractivity contribution in [1.82, 2.24) is 5.32 Å². The van der Waals surface area contributed by atoms with E-state index in [0.29, 0.717) is 11.3 Å². The summed E-state index contributed by atoms with van der Waals surface area (Å²) in [5.41, 5.74) is -1.34. The molecule has 7 heteroatoms. The van der Waals surface area contributed by atoms with Crippen LogP contribution in [0.4, 0.5) is 0 Å². The van der Waals surface area contributed by atoms with Crippen molar-refractivity contribution in [3.63, 3.8) is 0 Å². The maximum atomic E-state index is 12.8. The number of ketones is 1. The Kier molecular flexibility index (Phi) is 5.68. The van der Waals surface area contributed by atoms with Gasteiger partial charge in [0.25, 0.3) is 5.91 Å². The first-order valence-electron chi connectivity index (χ1n) is 8.24. The topological polar surface area (TPSA) is 81.7 Å². The maximum Gasteiger partial charge on any atom is 0.349 e. The Morgan fingerprint density at radius 2 is 2.16 bits per heavy atom. The summed E-state index contributed by atoms with van der Waals surface area (Å²) in [7, 11) is 0. The molecule has 1 aromatic rings. The summed E-state index contributed by atoms with van der Waals surface area (Å²) < 4.78 is 10.8. The number of Topliss-reactive ketones (excluding diaryl/α,β-unsaturated/α-hetero) is 1. The van der Waals surface area contributed by atoms with Gasteiger partial charge in [0.15, 0.2) is 11.9 Å². The Labute approximate surface area is 151 Å². The zero-order chi connectivity index (χ0) is 18.8. The number of nitrogens with one attached hydrogen (secondary N) is 1. The fourth-order valence-corrected chi connectivity index (χ4v) is 3.18. The summed E-state index contributed by atoms with van der Waals surface area (Å²) in [6.07, 6.45) is -1.07. The molecule has 1 amide bonds. The highest BCUT2D eigenvalue weighted by molar-refractivity contribution is 7.11. The molecule has 138 valence electrons. The smallest absolute Gasteiger partial charge is 0.349 e. The zero-order valence-corrected chi connectivity index (χ0v) is 16.1. The molecule has 0 radical (unpaired) electrons. The second-order valence-corrected chi connectivity index (χ2v) is 8.65. The molecule has 6 nitrogen and oxygen atoms in total. The van der Waals surface area contributed by atoms with Gasteiger partial charge in [-0.25, -0.2) is 4.79 Å². The van der Waals surface area contributed by atoms with Crippen molar-refractivity contribution < 1.29 is 23.9 Å². The van der Waals surface area contributed by atoms with E-state index in [0.717, 1.165) is 0 Å². The summed E-state index contributed by atoms with van der Waals surface area (Å²) in [5, 5.41) is 4.51. The van der Waals surface area contributed by atoms with Gasteiger partial charge in [0, 0.05) is 0 Å². The average Bonchev–Trinajstić information content (AvgIpc) is 3.11. The lowest BCUT2D eigenvalue weighted by Gasteiger charge is -2.31. The van der Waals surface area contributed by atoms with Crippen LogP contribution < -0.4 is 5.32 Å². The zero-order valence-electron chi connectivity index (χ0n) is 15.3. The average molecular weight is 367 g/mol. The minimum atomic E-state index is -1.11. The minimum absolute atomic E-state index is 0.0309. The molecule has 3 atom stereocenters. The first-order chi connectivity index (χ1) is 11.5. The number of rotatable bonds is 5. The largest absolute Gasteiger partial charge is 0.448 e. The van der Waals surface area contributed by atoms with Gasteiger partial charge in [-0.1, -0.05) is 26.8 Å². The number of carbonyl (C=O) groups excluding carboxylic acids is 3. The van der Waals surface area contributed by atoms with Crippen LogP contribution in [0.15, 0.2) is 17.5 Å². The van der Waals surface area contributed by atoms with Gasteiger partial charge in [-0.2, -0.15) is 0 Å². The normalized spacial score (nSPS) is 24.8. The van der Waals surface area contributed by atoms with Crippen LogP contribution in [0.2, 0.25) is 0 Å². The second kappa shape index (κ2) is 7.25. The molecule has 1 N–H and O–H groups in total. The second-order valence-electron chi connectivity index (χ2n) is 7.70. The van der Waals surface area contributed by atoms with Crippen molar-refractivity contribution in [2.75, 3.05) is 6.61 Å². The molecule has 1 aliphatic rings. The number of hydrogen-bond acceptors (Lipinski definition) is 6. The van der Waals surface area contributed by atoms with E-state index in [4.69, 9.17) is 9.47 Å². The van der Waals surface area contributed by atoms with Crippen LogP contribution in [0, 0.1) is 5.41 Å². The third-order valence-corrected chi connectivity index (χ3v) is 5.15. The number of thiophene rings is 1. The molecule has 1 fully saturated rings. The molecule has 1 saturated heterocycles. The van der Waals surface area contributed by atoms with E-state index >= 15 is 0 Å². The Balaban J connectivity index is 2.15. The number of carbonyl (C=O) groups is 3. The van der Waals surface area contributed by atoms with Gasteiger partial charge in [-0.15, -0.1) is 11.3 Å². The molecule has 0 spiro atoms. The number of hydrogen-bond donors (Lipinski definition) is 1.